The number of aliphatic hydroxyl groups is 2. The van der Waals surface area contributed by atoms with Crippen LogP contribution in [0.25, 0.3) is 0 Å². The number of rotatable bonds is 18. The Morgan fingerprint density at radius 3 is 1.78 bits per heavy atom. The lowest BCUT2D eigenvalue weighted by Crippen LogP contribution is -2.17. The minimum atomic E-state index is -0.833. The van der Waals surface area contributed by atoms with Gasteiger partial charge in [0.2, 0.25) is 0 Å². The van der Waals surface area contributed by atoms with Crippen molar-refractivity contribution in [3.63, 3.8) is 0 Å². The highest BCUT2D eigenvalue weighted by atomic mass is 16.5. The van der Waals surface area contributed by atoms with Crippen LogP contribution in [-0.2, 0) is 14.3 Å². The second kappa shape index (κ2) is 27.5. The summed E-state index contributed by atoms with van der Waals surface area (Å²) in [5.74, 6) is -0.833. The van der Waals surface area contributed by atoms with Crippen molar-refractivity contribution in [2.45, 2.75) is 90.6 Å². The summed E-state index contributed by atoms with van der Waals surface area (Å²) in [6.07, 6.45) is 13.6. The van der Waals surface area contributed by atoms with Gasteiger partial charge in [0.05, 0.1) is 39.1 Å². The van der Waals surface area contributed by atoms with E-state index in [-0.39, 0.29) is 18.9 Å². The van der Waals surface area contributed by atoms with Gasteiger partial charge in [-0.15, -0.1) is 0 Å². The summed E-state index contributed by atoms with van der Waals surface area (Å²) >= 11 is 0. The van der Waals surface area contributed by atoms with Crippen molar-refractivity contribution in [3.8, 4) is 0 Å². The number of carboxylic acid groups (broad SMARTS) is 1. The van der Waals surface area contributed by atoms with Crippen LogP contribution in [0.5, 0.6) is 0 Å². The van der Waals surface area contributed by atoms with Crippen LogP contribution in [0.15, 0.2) is 0 Å². The highest BCUT2D eigenvalue weighted by Crippen LogP contribution is 2.12. The van der Waals surface area contributed by atoms with Crippen LogP contribution in [0.2, 0.25) is 0 Å². The van der Waals surface area contributed by atoms with E-state index in [0.29, 0.717) is 26.4 Å². The highest BCUT2D eigenvalue weighted by molar-refractivity contribution is 5.62. The number of carboxylic acids is 1. The predicted molar refractivity (Wildman–Crippen MR) is 110 cm³/mol. The van der Waals surface area contributed by atoms with E-state index in [4.69, 9.17) is 24.5 Å². The normalized spacial score (nSPS) is 11.3. The molecule has 0 aromatic heterocycles. The molecule has 0 amide bonds. The zero-order chi connectivity index (χ0) is 19.9. The summed E-state index contributed by atoms with van der Waals surface area (Å²) < 4.78 is 10.4. The summed E-state index contributed by atoms with van der Waals surface area (Å²) in [4.78, 5) is 9.00. The van der Waals surface area contributed by atoms with Crippen LogP contribution < -0.4 is 6.15 Å². The molecule has 1 atom stereocenters. The van der Waals surface area contributed by atoms with Gasteiger partial charge in [0.25, 0.3) is 5.97 Å². The van der Waals surface area contributed by atoms with Crippen LogP contribution in [0.1, 0.15) is 84.5 Å². The van der Waals surface area contributed by atoms with Gasteiger partial charge in [0, 0.05) is 6.92 Å². The Balaban J connectivity index is -0.00000104. The first kappa shape index (κ1) is 31.0. The first-order valence-corrected chi connectivity index (χ1v) is 10.2. The van der Waals surface area contributed by atoms with Gasteiger partial charge in [-0.3, -0.25) is 4.79 Å². The molecule has 0 aliphatic rings. The lowest BCUT2D eigenvalue weighted by Gasteiger charge is -2.11. The fourth-order valence-corrected chi connectivity index (χ4v) is 2.45. The second-order valence-corrected chi connectivity index (χ2v) is 6.55. The van der Waals surface area contributed by atoms with Gasteiger partial charge >= 0.3 is 0 Å². The molecule has 1 unspecified atom stereocenters. The van der Waals surface area contributed by atoms with Crippen molar-refractivity contribution in [2.75, 3.05) is 33.0 Å². The Morgan fingerprint density at radius 2 is 1.30 bits per heavy atom. The van der Waals surface area contributed by atoms with E-state index in [2.05, 4.69) is 6.92 Å². The summed E-state index contributed by atoms with van der Waals surface area (Å²) in [7, 11) is 0. The van der Waals surface area contributed by atoms with Crippen LogP contribution in [0, 0.1) is 0 Å². The molecule has 0 aromatic rings. The smallest absolute Gasteiger partial charge is 0.300 e. The Hall–Kier alpha value is -0.730. The molecule has 0 bridgehead atoms. The predicted octanol–water partition coefficient (Wildman–Crippen LogP) is 3.94. The monoisotopic (exact) mass is 395 g/mol. The van der Waals surface area contributed by atoms with Gasteiger partial charge in [-0.25, -0.2) is 0 Å². The van der Waals surface area contributed by atoms with Crippen LogP contribution in [0.4, 0.5) is 0 Å². The first-order chi connectivity index (χ1) is 12.5. The molecule has 166 valence electrons. The number of unbranched alkanes of at least 4 members (excludes halogenated alkanes) is 9. The number of hydrogen-bond acceptors (Lipinski definition) is 6. The maximum absolute atomic E-state index is 9.77. The molecule has 0 saturated carbocycles. The SMILES string of the molecule is CC(=O)O.CCCCCCCCCCCCC(O)COCCOCCO.N. The van der Waals surface area contributed by atoms with Crippen molar-refractivity contribution in [2.24, 2.45) is 0 Å². The molecule has 0 aliphatic heterocycles. The summed E-state index contributed by atoms with van der Waals surface area (Å²) in [5, 5.41) is 25.7. The minimum absolute atomic E-state index is 0. The highest BCUT2D eigenvalue weighted by Gasteiger charge is 2.03. The van der Waals surface area contributed by atoms with E-state index in [1.54, 1.807) is 0 Å². The summed E-state index contributed by atoms with van der Waals surface area (Å²) in [6, 6.07) is 0. The van der Waals surface area contributed by atoms with Gasteiger partial charge < -0.3 is 30.9 Å². The Morgan fingerprint density at radius 1 is 0.852 bits per heavy atom. The lowest BCUT2D eigenvalue weighted by molar-refractivity contribution is -0.134. The van der Waals surface area contributed by atoms with Gasteiger partial charge in [0.1, 0.15) is 0 Å². The fraction of sp³-hybridized carbons (Fsp3) is 0.950. The number of aliphatic carboxylic acids is 1. The third-order valence-electron chi connectivity index (χ3n) is 3.81. The van der Waals surface area contributed by atoms with Crippen molar-refractivity contribution in [1.29, 1.82) is 0 Å². The van der Waals surface area contributed by atoms with Crippen LogP contribution >= 0.6 is 0 Å². The minimum Gasteiger partial charge on any atom is -0.481 e. The van der Waals surface area contributed by atoms with Crippen molar-refractivity contribution >= 4 is 5.97 Å². The largest absolute Gasteiger partial charge is 0.481 e. The number of carbonyl (C=O) groups is 1. The van der Waals surface area contributed by atoms with E-state index in [1.165, 1.54) is 57.8 Å². The Bertz CT molecular complexity index is 275. The first-order valence-electron chi connectivity index (χ1n) is 10.2. The Kier molecular flexibility index (Phi) is 31.5. The molecule has 27 heavy (non-hydrogen) atoms. The van der Waals surface area contributed by atoms with Gasteiger partial charge in [-0.05, 0) is 6.42 Å². The molecule has 6 N–H and O–H groups in total. The zero-order valence-electron chi connectivity index (χ0n) is 17.7. The molecule has 7 nitrogen and oxygen atoms in total. The molecule has 0 spiro atoms. The van der Waals surface area contributed by atoms with Gasteiger partial charge in [-0.1, -0.05) is 71.1 Å². The van der Waals surface area contributed by atoms with Gasteiger partial charge in [0.15, 0.2) is 0 Å². The quantitative estimate of drug-likeness (QED) is 0.258. The molecular weight excluding hydrogens is 350 g/mol. The standard InChI is InChI=1S/C18H38O4.C2H4O2.H3N/c1-2-3-4-5-6-7-8-9-10-11-12-18(20)17-22-16-15-21-14-13-19;1-2(3)4;/h18-20H,2-17H2,1H3;1H3,(H,3,4);1H3. The average molecular weight is 396 g/mol. The molecule has 0 rings (SSSR count). The third-order valence-corrected chi connectivity index (χ3v) is 3.81. The second-order valence-electron chi connectivity index (χ2n) is 6.55. The van der Waals surface area contributed by atoms with Crippen molar-refractivity contribution in [3.05, 3.63) is 0 Å². The van der Waals surface area contributed by atoms with Gasteiger partial charge in [-0.2, -0.15) is 0 Å². The van der Waals surface area contributed by atoms with Crippen molar-refractivity contribution in [1.82, 2.24) is 6.15 Å². The number of hydrogen-bond donors (Lipinski definition) is 4. The van der Waals surface area contributed by atoms with E-state index in [9.17, 15) is 5.11 Å². The van der Waals surface area contributed by atoms with E-state index >= 15 is 0 Å². The molecule has 0 fully saturated rings. The molecule has 0 aromatic carbocycles. The lowest BCUT2D eigenvalue weighted by atomic mass is 10.0. The molecule has 0 saturated heterocycles. The molecule has 0 aliphatic carbocycles. The zero-order valence-corrected chi connectivity index (χ0v) is 17.7. The average Bonchev–Trinajstić information content (AvgIpc) is 2.59. The Labute approximate surface area is 166 Å². The van der Waals surface area contributed by atoms with E-state index in [1.807, 2.05) is 0 Å². The van der Waals surface area contributed by atoms with E-state index in [0.717, 1.165) is 19.8 Å². The van der Waals surface area contributed by atoms with Crippen LogP contribution in [-0.4, -0.2) is 60.4 Å². The topological polar surface area (TPSA) is 131 Å². The van der Waals surface area contributed by atoms with E-state index < -0.39 is 5.97 Å². The maximum atomic E-state index is 9.77. The van der Waals surface area contributed by atoms with Crippen molar-refractivity contribution < 1.29 is 29.6 Å². The molecule has 0 radical (unpaired) electrons. The summed E-state index contributed by atoms with van der Waals surface area (Å²) in [6.45, 7) is 5.08. The number of aliphatic hydroxyl groups excluding tert-OH is 2. The molecule has 7 heteroatoms. The third kappa shape index (κ3) is 36.8. The fourth-order valence-electron chi connectivity index (χ4n) is 2.45. The summed E-state index contributed by atoms with van der Waals surface area (Å²) in [5.41, 5.74) is 0. The number of ether oxygens (including phenoxy) is 2. The maximum Gasteiger partial charge on any atom is 0.300 e. The molecule has 0 heterocycles. The van der Waals surface area contributed by atoms with Crippen LogP contribution in [0.3, 0.4) is 0 Å². The molecular formula is C20H45NO6.